The van der Waals surface area contributed by atoms with Crippen LogP contribution in [0.5, 0.6) is 0 Å². The van der Waals surface area contributed by atoms with Gasteiger partial charge >= 0.3 is 6.18 Å². The number of alkyl halides is 3. The van der Waals surface area contributed by atoms with Crippen LogP contribution in [0, 0.1) is 0 Å². The molecule has 1 heterocycles. The normalized spacial score (nSPS) is 14.1. The van der Waals surface area contributed by atoms with Gasteiger partial charge in [0.25, 0.3) is 0 Å². The second-order valence-corrected chi connectivity index (χ2v) is 4.41. The van der Waals surface area contributed by atoms with Crippen molar-refractivity contribution in [3.63, 3.8) is 0 Å². The van der Waals surface area contributed by atoms with Gasteiger partial charge in [-0.25, -0.2) is 0 Å². The molecule has 1 atom stereocenters. The van der Waals surface area contributed by atoms with Crippen LogP contribution in [0.25, 0.3) is 10.9 Å². The van der Waals surface area contributed by atoms with Crippen LogP contribution in [-0.4, -0.2) is 11.6 Å². The number of aromatic nitrogens is 1. The summed E-state index contributed by atoms with van der Waals surface area (Å²) in [7, 11) is 3.61. The number of fused-ring (bicyclic) bond motifs is 1. The van der Waals surface area contributed by atoms with Gasteiger partial charge in [0.1, 0.15) is 0 Å². The van der Waals surface area contributed by atoms with Crippen molar-refractivity contribution in [3.8, 4) is 0 Å². The molecule has 2 aromatic rings. The molecule has 1 aromatic carbocycles. The first-order valence-electron chi connectivity index (χ1n) is 5.68. The van der Waals surface area contributed by atoms with E-state index in [-0.39, 0.29) is 6.04 Å². The number of halogens is 3. The average Bonchev–Trinajstić information content (AvgIpc) is 2.64. The lowest BCUT2D eigenvalue weighted by molar-refractivity contribution is -0.137. The molecule has 2 nitrogen and oxygen atoms in total. The Balaban J connectivity index is 2.60. The van der Waals surface area contributed by atoms with Crippen LogP contribution in [0.15, 0.2) is 24.3 Å². The third-order valence-electron chi connectivity index (χ3n) is 3.29. The first kappa shape index (κ1) is 13.0. The molecule has 0 aliphatic carbocycles. The van der Waals surface area contributed by atoms with Gasteiger partial charge in [0.15, 0.2) is 0 Å². The summed E-state index contributed by atoms with van der Waals surface area (Å²) in [6.07, 6.45) is -4.30. The van der Waals surface area contributed by atoms with Crippen LogP contribution in [0.3, 0.4) is 0 Å². The highest BCUT2D eigenvalue weighted by Gasteiger charge is 2.30. The van der Waals surface area contributed by atoms with Crippen molar-refractivity contribution in [1.82, 2.24) is 9.88 Å². The van der Waals surface area contributed by atoms with Gasteiger partial charge in [0, 0.05) is 24.3 Å². The largest absolute Gasteiger partial charge is 0.416 e. The summed E-state index contributed by atoms with van der Waals surface area (Å²) in [5.41, 5.74) is 0.952. The molecule has 1 N–H and O–H groups in total. The zero-order valence-corrected chi connectivity index (χ0v) is 10.5. The lowest BCUT2D eigenvalue weighted by Gasteiger charge is -2.12. The van der Waals surface area contributed by atoms with Gasteiger partial charge in [0.05, 0.1) is 5.56 Å². The number of hydrogen-bond acceptors (Lipinski definition) is 1. The van der Waals surface area contributed by atoms with Crippen LogP contribution in [0.1, 0.15) is 24.2 Å². The molecule has 0 fully saturated rings. The second-order valence-electron chi connectivity index (χ2n) is 4.41. The molecule has 0 spiro atoms. The van der Waals surface area contributed by atoms with Crippen LogP contribution in [0.2, 0.25) is 0 Å². The summed E-state index contributed by atoms with van der Waals surface area (Å²) < 4.78 is 39.8. The van der Waals surface area contributed by atoms with Crippen molar-refractivity contribution in [1.29, 1.82) is 0 Å². The Morgan fingerprint density at radius 3 is 2.44 bits per heavy atom. The molecule has 0 amide bonds. The van der Waals surface area contributed by atoms with Gasteiger partial charge in [-0.15, -0.1) is 0 Å². The number of nitrogens with one attached hydrogen (secondary N) is 1. The van der Waals surface area contributed by atoms with Crippen LogP contribution < -0.4 is 5.32 Å². The van der Waals surface area contributed by atoms with E-state index in [1.165, 1.54) is 12.1 Å². The second kappa shape index (κ2) is 4.31. The third-order valence-corrected chi connectivity index (χ3v) is 3.29. The molecule has 0 aliphatic rings. The summed E-state index contributed by atoms with van der Waals surface area (Å²) >= 11 is 0. The summed E-state index contributed by atoms with van der Waals surface area (Å²) in [5.74, 6) is 0. The quantitative estimate of drug-likeness (QED) is 0.870. The van der Waals surface area contributed by atoms with Crippen molar-refractivity contribution in [3.05, 3.63) is 35.5 Å². The maximum absolute atomic E-state index is 12.7. The molecular weight excluding hydrogens is 241 g/mol. The number of hydrogen-bond donors (Lipinski definition) is 1. The lowest BCUT2D eigenvalue weighted by atomic mass is 10.1. The van der Waals surface area contributed by atoms with E-state index < -0.39 is 11.7 Å². The smallest absolute Gasteiger partial charge is 0.346 e. The molecule has 1 aromatic heterocycles. The van der Waals surface area contributed by atoms with Gasteiger partial charge < -0.3 is 9.88 Å². The van der Waals surface area contributed by atoms with E-state index in [2.05, 4.69) is 5.32 Å². The van der Waals surface area contributed by atoms with Crippen LogP contribution in [0.4, 0.5) is 13.2 Å². The van der Waals surface area contributed by atoms with Crippen LogP contribution >= 0.6 is 0 Å². The topological polar surface area (TPSA) is 17.0 Å². The highest BCUT2D eigenvalue weighted by atomic mass is 19.4. The zero-order valence-electron chi connectivity index (χ0n) is 10.5. The number of aryl methyl sites for hydroxylation is 1. The first-order chi connectivity index (χ1) is 8.34. The average molecular weight is 256 g/mol. The van der Waals surface area contributed by atoms with E-state index >= 15 is 0 Å². The molecular formula is C13H15F3N2. The molecule has 0 aliphatic heterocycles. The molecule has 0 radical (unpaired) electrons. The predicted octanol–water partition coefficient (Wildman–Crippen LogP) is 3.48. The monoisotopic (exact) mass is 256 g/mol. The first-order valence-corrected chi connectivity index (χ1v) is 5.68. The maximum atomic E-state index is 12.7. The molecule has 98 valence electrons. The fraction of sp³-hybridized carbons (Fsp3) is 0.385. The molecule has 2 rings (SSSR count). The standard InChI is InChI=1S/C13H15F3N2/c1-8(17-2)11-6-9-4-5-10(13(14,15)16)7-12(9)18(11)3/h4-8,17H,1-3H3. The van der Waals surface area contributed by atoms with Gasteiger partial charge in [-0.05, 0) is 37.6 Å². The van der Waals surface area contributed by atoms with Crippen molar-refractivity contribution >= 4 is 10.9 Å². The van der Waals surface area contributed by atoms with E-state index in [1.807, 2.05) is 20.0 Å². The molecule has 18 heavy (non-hydrogen) atoms. The Hall–Kier alpha value is -1.49. The Bertz CT molecular complexity index is 569. The summed E-state index contributed by atoms with van der Waals surface area (Å²) in [6.45, 7) is 1.97. The van der Waals surface area contributed by atoms with Crippen LogP contribution in [-0.2, 0) is 13.2 Å². The summed E-state index contributed by atoms with van der Waals surface area (Å²) in [6, 6.07) is 5.84. The maximum Gasteiger partial charge on any atom is 0.416 e. The lowest BCUT2D eigenvalue weighted by Crippen LogP contribution is -2.15. The third kappa shape index (κ3) is 2.10. The minimum Gasteiger partial charge on any atom is -0.346 e. The Kier molecular flexibility index (Phi) is 3.11. The SMILES string of the molecule is CNC(C)c1cc2ccc(C(F)(F)F)cc2n1C. The highest BCUT2D eigenvalue weighted by Crippen LogP contribution is 2.32. The van der Waals surface area contributed by atoms with Crippen molar-refractivity contribution < 1.29 is 13.2 Å². The van der Waals surface area contributed by atoms with E-state index in [4.69, 9.17) is 0 Å². The molecule has 1 unspecified atom stereocenters. The minimum atomic E-state index is -4.30. The zero-order chi connectivity index (χ0) is 13.5. The molecule has 0 bridgehead atoms. The van der Waals surface area contributed by atoms with E-state index in [1.54, 1.807) is 11.6 Å². The molecule has 5 heteroatoms. The van der Waals surface area contributed by atoms with Crippen molar-refractivity contribution in [2.45, 2.75) is 19.1 Å². The Morgan fingerprint density at radius 1 is 1.22 bits per heavy atom. The predicted molar refractivity (Wildman–Crippen MR) is 65.4 cm³/mol. The van der Waals surface area contributed by atoms with Gasteiger partial charge in [-0.2, -0.15) is 13.2 Å². The summed E-state index contributed by atoms with van der Waals surface area (Å²) in [5, 5.41) is 3.91. The molecule has 0 saturated heterocycles. The van der Waals surface area contributed by atoms with E-state index in [0.29, 0.717) is 5.52 Å². The fourth-order valence-corrected chi connectivity index (χ4v) is 2.09. The Morgan fingerprint density at radius 2 is 1.89 bits per heavy atom. The van der Waals surface area contributed by atoms with E-state index in [9.17, 15) is 13.2 Å². The highest BCUT2D eigenvalue weighted by molar-refractivity contribution is 5.82. The van der Waals surface area contributed by atoms with Gasteiger partial charge in [-0.3, -0.25) is 0 Å². The summed E-state index contributed by atoms with van der Waals surface area (Å²) in [4.78, 5) is 0. The fourth-order valence-electron chi connectivity index (χ4n) is 2.09. The number of rotatable bonds is 2. The minimum absolute atomic E-state index is 0.0942. The van der Waals surface area contributed by atoms with Gasteiger partial charge in [0.2, 0.25) is 0 Å². The van der Waals surface area contributed by atoms with E-state index in [0.717, 1.165) is 17.1 Å². The van der Waals surface area contributed by atoms with Crippen molar-refractivity contribution in [2.24, 2.45) is 7.05 Å². The van der Waals surface area contributed by atoms with Crippen molar-refractivity contribution in [2.75, 3.05) is 7.05 Å². The molecule has 0 saturated carbocycles. The number of nitrogens with zero attached hydrogens (tertiary/aromatic N) is 1. The van der Waals surface area contributed by atoms with Gasteiger partial charge in [-0.1, -0.05) is 6.07 Å². The number of benzene rings is 1. The Labute approximate surface area is 103 Å².